The van der Waals surface area contributed by atoms with Gasteiger partial charge in [-0.15, -0.1) is 0 Å². The molecule has 0 saturated heterocycles. The van der Waals surface area contributed by atoms with Crippen molar-refractivity contribution in [1.82, 2.24) is 0 Å². The van der Waals surface area contributed by atoms with Crippen molar-refractivity contribution in [3.05, 3.63) is 67.7 Å². The summed E-state index contributed by atoms with van der Waals surface area (Å²) in [7, 11) is -5.03. The highest BCUT2D eigenvalue weighted by Gasteiger charge is 2.36. The van der Waals surface area contributed by atoms with Crippen LogP contribution in [0.15, 0.2) is 51.9 Å². The molecule has 0 aliphatic carbocycles. The average Bonchev–Trinajstić information content (AvgIpc) is 2.67. The molecule has 0 spiro atoms. The third-order valence-electron chi connectivity index (χ3n) is 3.51. The van der Waals surface area contributed by atoms with Crippen molar-refractivity contribution in [2.75, 3.05) is 0 Å². The number of rotatable bonds is 6. The van der Waals surface area contributed by atoms with Gasteiger partial charge in [0, 0.05) is 17.7 Å². The van der Waals surface area contributed by atoms with Gasteiger partial charge in [-0.3, -0.25) is 10.1 Å². The van der Waals surface area contributed by atoms with Crippen LogP contribution in [0.1, 0.15) is 5.56 Å². The third kappa shape index (κ3) is 5.15. The number of nitro groups is 1. The zero-order valence-electron chi connectivity index (χ0n) is 14.2. The number of halogens is 7. The van der Waals surface area contributed by atoms with Gasteiger partial charge in [-0.1, -0.05) is 34.8 Å². The minimum absolute atomic E-state index is 0.308. The Bertz CT molecular complexity index is 1120. The van der Waals surface area contributed by atoms with E-state index in [1.165, 1.54) is 0 Å². The summed E-state index contributed by atoms with van der Waals surface area (Å²) in [5.74, 6) is -0.684. The number of sulfone groups is 1. The molecule has 2 rings (SSSR count). The lowest BCUT2D eigenvalue weighted by Crippen LogP contribution is -2.18. The largest absolute Gasteiger partial charge is 0.456 e. The van der Waals surface area contributed by atoms with E-state index in [2.05, 4.69) is 0 Å². The first-order valence-electron chi connectivity index (χ1n) is 7.45. The Morgan fingerprint density at radius 2 is 1.83 bits per heavy atom. The van der Waals surface area contributed by atoms with Crippen molar-refractivity contribution >= 4 is 50.3 Å². The SMILES string of the molecule is O=[N+]([O-])c1ccc(Oc2ccc(C(F)(F)F)cc2Cl)cc1S(=O)(=O)C(F)/C(Cl)=C/Cl. The van der Waals surface area contributed by atoms with Crippen LogP contribution in [-0.2, 0) is 16.0 Å². The van der Waals surface area contributed by atoms with Crippen LogP contribution >= 0.6 is 34.8 Å². The standard InChI is InChI=1S/C16H8Cl3F4NO5S/c17-7-11(19)15(20)30(27,28)14-6-9(2-3-12(14)24(25)26)29-13-4-1-8(5-10(13)18)16(21,22)23/h1-7,15H/b11-7-. The second-order valence-electron chi connectivity index (χ2n) is 5.49. The molecule has 6 nitrogen and oxygen atoms in total. The average molecular weight is 509 g/mol. The predicted molar refractivity (Wildman–Crippen MR) is 101 cm³/mol. The number of ether oxygens (including phenoxy) is 1. The Morgan fingerprint density at radius 1 is 1.20 bits per heavy atom. The Balaban J connectivity index is 2.53. The van der Waals surface area contributed by atoms with E-state index in [4.69, 9.17) is 39.5 Å². The lowest BCUT2D eigenvalue weighted by atomic mass is 10.2. The highest BCUT2D eigenvalue weighted by molar-refractivity contribution is 7.92. The third-order valence-corrected chi connectivity index (χ3v) is 6.33. The maximum atomic E-state index is 14.2. The molecule has 0 aliphatic rings. The summed E-state index contributed by atoms with van der Waals surface area (Å²) in [6, 6.07) is 4.39. The smallest absolute Gasteiger partial charge is 0.416 e. The summed E-state index contributed by atoms with van der Waals surface area (Å²) in [4.78, 5) is 9.00. The predicted octanol–water partition coefficient (Wildman–Crippen LogP) is 6.45. The first kappa shape index (κ1) is 24.2. The number of benzene rings is 2. The Kier molecular flexibility index (Phi) is 7.23. The molecule has 0 heterocycles. The van der Waals surface area contributed by atoms with Gasteiger partial charge >= 0.3 is 6.18 Å². The number of alkyl halides is 4. The summed E-state index contributed by atoms with van der Waals surface area (Å²) in [5, 5.41) is 9.75. The number of nitrogens with zero attached hydrogens (tertiary/aromatic N) is 1. The van der Waals surface area contributed by atoms with E-state index in [1.807, 2.05) is 0 Å². The highest BCUT2D eigenvalue weighted by Crippen LogP contribution is 2.39. The van der Waals surface area contributed by atoms with E-state index < -0.39 is 52.6 Å². The molecule has 2 aromatic rings. The van der Waals surface area contributed by atoms with E-state index in [0.717, 1.165) is 12.1 Å². The topological polar surface area (TPSA) is 86.5 Å². The van der Waals surface area contributed by atoms with Crippen molar-refractivity contribution in [3.8, 4) is 11.5 Å². The van der Waals surface area contributed by atoms with Gasteiger partial charge in [0.05, 0.1) is 20.5 Å². The highest BCUT2D eigenvalue weighted by atomic mass is 35.5. The molecule has 2 aromatic carbocycles. The van der Waals surface area contributed by atoms with E-state index in [0.29, 0.717) is 29.8 Å². The van der Waals surface area contributed by atoms with E-state index >= 15 is 0 Å². The van der Waals surface area contributed by atoms with Crippen LogP contribution in [0, 0.1) is 10.1 Å². The molecule has 0 N–H and O–H groups in total. The molecule has 0 radical (unpaired) electrons. The monoisotopic (exact) mass is 507 g/mol. The maximum absolute atomic E-state index is 14.2. The van der Waals surface area contributed by atoms with Crippen LogP contribution in [0.25, 0.3) is 0 Å². The first-order chi connectivity index (χ1) is 13.8. The Hall–Kier alpha value is -2.08. The molecule has 14 heteroatoms. The molecule has 0 bridgehead atoms. The first-order valence-corrected chi connectivity index (χ1v) is 10.2. The molecular formula is C16H8Cl3F4NO5S. The summed E-state index contributed by atoms with van der Waals surface area (Å²) in [5.41, 5.74) is -4.50. The minimum atomic E-state index is -5.03. The van der Waals surface area contributed by atoms with Gasteiger partial charge in [-0.25, -0.2) is 12.8 Å². The lowest BCUT2D eigenvalue weighted by molar-refractivity contribution is -0.387. The fourth-order valence-electron chi connectivity index (χ4n) is 2.13. The zero-order chi connectivity index (χ0) is 22.9. The molecule has 0 aliphatic heterocycles. The molecule has 30 heavy (non-hydrogen) atoms. The van der Waals surface area contributed by atoms with E-state index in [9.17, 15) is 36.1 Å². The van der Waals surface area contributed by atoms with Crippen LogP contribution in [0.4, 0.5) is 23.2 Å². The van der Waals surface area contributed by atoms with Crippen LogP contribution < -0.4 is 4.74 Å². The summed E-state index contributed by atoms with van der Waals surface area (Å²) in [6.07, 6.45) is -4.66. The summed E-state index contributed by atoms with van der Waals surface area (Å²) in [6.45, 7) is 0. The fraction of sp³-hybridized carbons (Fsp3) is 0.125. The van der Waals surface area contributed by atoms with Crippen molar-refractivity contribution in [3.63, 3.8) is 0 Å². The van der Waals surface area contributed by atoms with Crippen molar-refractivity contribution < 1.29 is 35.6 Å². The molecule has 0 saturated carbocycles. The van der Waals surface area contributed by atoms with Gasteiger partial charge < -0.3 is 4.74 Å². The molecule has 1 unspecified atom stereocenters. The van der Waals surface area contributed by atoms with E-state index in [1.54, 1.807) is 0 Å². The second kappa shape index (κ2) is 8.96. The molecular weight excluding hydrogens is 501 g/mol. The van der Waals surface area contributed by atoms with Gasteiger partial charge in [0.1, 0.15) is 11.5 Å². The molecule has 0 aromatic heterocycles. The quantitative estimate of drug-likeness (QED) is 0.254. The van der Waals surface area contributed by atoms with Crippen molar-refractivity contribution in [1.29, 1.82) is 0 Å². The van der Waals surface area contributed by atoms with Crippen LogP contribution in [0.3, 0.4) is 0 Å². The van der Waals surface area contributed by atoms with E-state index in [-0.39, 0.29) is 11.5 Å². The Labute approximate surface area is 181 Å². The van der Waals surface area contributed by atoms with Crippen molar-refractivity contribution in [2.45, 2.75) is 16.6 Å². The van der Waals surface area contributed by atoms with Crippen LogP contribution in [0.2, 0.25) is 5.02 Å². The van der Waals surface area contributed by atoms with Gasteiger partial charge in [-0.05, 0) is 24.3 Å². The Morgan fingerprint density at radius 3 is 2.33 bits per heavy atom. The van der Waals surface area contributed by atoms with Gasteiger partial charge in [0.15, 0.2) is 4.90 Å². The number of hydrogen-bond donors (Lipinski definition) is 0. The molecule has 0 fully saturated rings. The van der Waals surface area contributed by atoms with Gasteiger partial charge in [-0.2, -0.15) is 13.2 Å². The normalized spacial score (nSPS) is 13.8. The number of hydrogen-bond acceptors (Lipinski definition) is 5. The molecule has 162 valence electrons. The molecule has 0 amide bonds. The summed E-state index contributed by atoms with van der Waals surface area (Å²) >= 11 is 16.3. The van der Waals surface area contributed by atoms with Crippen LogP contribution in [-0.4, -0.2) is 18.8 Å². The van der Waals surface area contributed by atoms with Gasteiger partial charge in [0.25, 0.3) is 5.69 Å². The number of nitro benzene ring substituents is 1. The lowest BCUT2D eigenvalue weighted by Gasteiger charge is -2.13. The second-order valence-corrected chi connectivity index (χ2v) is 8.49. The fourth-order valence-corrected chi connectivity index (χ4v) is 4.19. The van der Waals surface area contributed by atoms with Crippen LogP contribution in [0.5, 0.6) is 11.5 Å². The van der Waals surface area contributed by atoms with Crippen molar-refractivity contribution in [2.24, 2.45) is 0 Å². The zero-order valence-corrected chi connectivity index (χ0v) is 17.2. The molecule has 1 atom stereocenters. The maximum Gasteiger partial charge on any atom is 0.416 e. The summed E-state index contributed by atoms with van der Waals surface area (Å²) < 4.78 is 82.4. The van der Waals surface area contributed by atoms with Gasteiger partial charge in [0.2, 0.25) is 15.3 Å². The minimum Gasteiger partial charge on any atom is -0.456 e.